The Balaban J connectivity index is 3.42. The fourth-order valence-electron chi connectivity index (χ4n) is 10.7. The van der Waals surface area contributed by atoms with Crippen LogP contribution in [0.5, 0.6) is 0 Å². The first-order valence-corrected chi connectivity index (χ1v) is 34.9. The number of nitrogens with one attached hydrogen (secondary N) is 1. The summed E-state index contributed by atoms with van der Waals surface area (Å²) in [5.74, 6) is -0.0630. The van der Waals surface area contributed by atoms with Crippen molar-refractivity contribution in [2.75, 3.05) is 13.2 Å². The predicted octanol–water partition coefficient (Wildman–Crippen LogP) is 22.5. The molecule has 2 atom stereocenters. The van der Waals surface area contributed by atoms with Gasteiger partial charge >= 0.3 is 5.97 Å². The van der Waals surface area contributed by atoms with Gasteiger partial charge in [0.25, 0.3) is 0 Å². The Bertz CT molecular complexity index is 1310. The van der Waals surface area contributed by atoms with Crippen molar-refractivity contribution in [3.63, 3.8) is 0 Å². The summed E-state index contributed by atoms with van der Waals surface area (Å²) in [5, 5.41) is 23.2. The number of amides is 1. The lowest BCUT2D eigenvalue weighted by atomic mass is 10.0. The van der Waals surface area contributed by atoms with Gasteiger partial charge in [-0.25, -0.2) is 0 Å². The predicted molar refractivity (Wildman–Crippen MR) is 342 cm³/mol. The smallest absolute Gasteiger partial charge is 0.305 e. The first-order chi connectivity index (χ1) is 38.5. The van der Waals surface area contributed by atoms with Crippen molar-refractivity contribution < 1.29 is 24.5 Å². The minimum atomic E-state index is -0.848. The van der Waals surface area contributed by atoms with Crippen molar-refractivity contribution in [3.8, 4) is 0 Å². The summed E-state index contributed by atoms with van der Waals surface area (Å²) in [6.45, 7) is 4.91. The third-order valence-corrected chi connectivity index (χ3v) is 16.1. The van der Waals surface area contributed by atoms with Gasteiger partial charge in [0.2, 0.25) is 5.91 Å². The number of ether oxygens (including phenoxy) is 1. The van der Waals surface area contributed by atoms with Gasteiger partial charge in [-0.2, -0.15) is 0 Å². The number of hydrogen-bond donors (Lipinski definition) is 3. The summed E-state index contributed by atoms with van der Waals surface area (Å²) in [4.78, 5) is 24.6. The number of carbonyl (C=O) groups is 2. The second-order valence-electron chi connectivity index (χ2n) is 23.9. The molecule has 1 amide bonds. The number of allylic oxidation sites excluding steroid dienone is 7. The highest BCUT2D eigenvalue weighted by atomic mass is 16.5. The summed E-state index contributed by atoms with van der Waals surface area (Å²) in [6, 6.07) is -0.631. The summed E-state index contributed by atoms with van der Waals surface area (Å²) < 4.78 is 5.50. The van der Waals surface area contributed by atoms with Crippen LogP contribution >= 0.6 is 0 Å². The molecule has 458 valence electrons. The standard InChI is InChI=1S/C72H135NO5/c1-3-5-7-9-11-13-15-17-19-21-32-36-40-44-48-52-56-60-64-70(75)69(68-74)73-71(76)65-61-57-53-49-45-41-37-33-30-28-26-24-23-25-27-29-31-35-39-43-47-51-55-59-63-67-78-72(77)66-62-58-54-50-46-42-38-34-22-20-18-16-14-12-10-8-6-4-2/h14,16,20,22,24,26,60,64,69-70,74-75H,3-13,15,17-19,21,23,25,27-59,61-63,65-68H2,1-2H3,(H,73,76)/b16-14-,22-20-,26-24-,64-60+. The van der Waals surface area contributed by atoms with E-state index in [2.05, 4.69) is 55.6 Å². The number of aliphatic hydroxyl groups is 2. The monoisotopic (exact) mass is 1090 g/mol. The maximum absolute atomic E-state index is 12.5. The third-order valence-electron chi connectivity index (χ3n) is 16.1. The summed E-state index contributed by atoms with van der Waals surface area (Å²) in [6.07, 6.45) is 87.5. The van der Waals surface area contributed by atoms with Gasteiger partial charge < -0.3 is 20.3 Å². The summed E-state index contributed by atoms with van der Waals surface area (Å²) >= 11 is 0. The molecular weight excluding hydrogens is 959 g/mol. The molecule has 0 radical (unpaired) electrons. The van der Waals surface area contributed by atoms with Crippen LogP contribution < -0.4 is 5.32 Å². The molecule has 0 aliphatic carbocycles. The summed E-state index contributed by atoms with van der Waals surface area (Å²) in [5.41, 5.74) is 0. The molecule has 0 aliphatic heterocycles. The van der Waals surface area contributed by atoms with E-state index in [1.54, 1.807) is 6.08 Å². The van der Waals surface area contributed by atoms with Gasteiger partial charge in [-0.15, -0.1) is 0 Å². The zero-order valence-corrected chi connectivity index (χ0v) is 52.4. The number of esters is 1. The third kappa shape index (κ3) is 63.0. The van der Waals surface area contributed by atoms with Crippen LogP contribution in [-0.4, -0.2) is 47.4 Å². The molecule has 78 heavy (non-hydrogen) atoms. The highest BCUT2D eigenvalue weighted by Gasteiger charge is 2.18. The lowest BCUT2D eigenvalue weighted by molar-refractivity contribution is -0.143. The molecule has 0 heterocycles. The van der Waals surface area contributed by atoms with E-state index in [1.165, 1.54) is 295 Å². The molecule has 3 N–H and O–H groups in total. The minimum absolute atomic E-state index is 0.00584. The number of unbranched alkanes of at least 4 members (excludes halogenated alkanes) is 48. The highest BCUT2D eigenvalue weighted by Crippen LogP contribution is 2.18. The first-order valence-electron chi connectivity index (χ1n) is 34.9. The van der Waals surface area contributed by atoms with E-state index in [9.17, 15) is 19.8 Å². The number of hydrogen-bond acceptors (Lipinski definition) is 5. The van der Waals surface area contributed by atoms with Gasteiger partial charge in [-0.05, 0) is 89.9 Å². The quantitative estimate of drug-likeness (QED) is 0.0320. The van der Waals surface area contributed by atoms with Crippen LogP contribution in [0.25, 0.3) is 0 Å². The molecule has 0 bridgehead atoms. The fraction of sp³-hybridized carbons (Fsp3) is 0.861. The van der Waals surface area contributed by atoms with Crippen molar-refractivity contribution in [2.45, 2.75) is 386 Å². The van der Waals surface area contributed by atoms with Gasteiger partial charge in [-0.1, -0.05) is 319 Å². The SMILES string of the molecule is CCCCCC/C=C\C/C=C\CCCCCCCCCC(=O)OCCCCCCCCCCCCCC/C=C\CCCCCCCCCCCC(=O)NC(CO)C(O)/C=C/CCCCCCCCCCCCCCCCCC. The summed E-state index contributed by atoms with van der Waals surface area (Å²) in [7, 11) is 0. The molecule has 6 nitrogen and oxygen atoms in total. The largest absolute Gasteiger partial charge is 0.466 e. The molecule has 0 aromatic rings. The molecule has 0 saturated heterocycles. The van der Waals surface area contributed by atoms with Crippen LogP contribution in [-0.2, 0) is 14.3 Å². The van der Waals surface area contributed by atoms with E-state index >= 15 is 0 Å². The molecule has 0 saturated carbocycles. The Labute approximate surface area is 486 Å². The zero-order valence-electron chi connectivity index (χ0n) is 52.4. The minimum Gasteiger partial charge on any atom is -0.466 e. The van der Waals surface area contributed by atoms with Crippen molar-refractivity contribution in [3.05, 3.63) is 48.6 Å². The van der Waals surface area contributed by atoms with E-state index in [0.29, 0.717) is 19.4 Å². The number of carbonyl (C=O) groups excluding carboxylic acids is 2. The van der Waals surface area contributed by atoms with Gasteiger partial charge in [0.15, 0.2) is 0 Å². The molecule has 2 unspecified atom stereocenters. The van der Waals surface area contributed by atoms with E-state index in [0.717, 1.165) is 51.4 Å². The second-order valence-corrected chi connectivity index (χ2v) is 23.9. The van der Waals surface area contributed by atoms with Crippen LogP contribution in [0, 0.1) is 0 Å². The Morgan fingerprint density at radius 3 is 1.00 bits per heavy atom. The average Bonchev–Trinajstić information content (AvgIpc) is 3.44. The second kappa shape index (κ2) is 67.3. The van der Waals surface area contributed by atoms with Crippen LogP contribution in [0.4, 0.5) is 0 Å². The number of aliphatic hydroxyl groups excluding tert-OH is 2. The van der Waals surface area contributed by atoms with Crippen LogP contribution in [0.3, 0.4) is 0 Å². The van der Waals surface area contributed by atoms with Crippen molar-refractivity contribution >= 4 is 11.9 Å². The average molecular weight is 1090 g/mol. The van der Waals surface area contributed by atoms with E-state index in [-0.39, 0.29) is 18.5 Å². The van der Waals surface area contributed by atoms with Gasteiger partial charge in [0, 0.05) is 12.8 Å². The van der Waals surface area contributed by atoms with Crippen molar-refractivity contribution in [1.82, 2.24) is 5.32 Å². The number of rotatable bonds is 65. The van der Waals surface area contributed by atoms with Gasteiger partial charge in [0.1, 0.15) is 0 Å². The van der Waals surface area contributed by atoms with Crippen LogP contribution in [0.15, 0.2) is 48.6 Å². The van der Waals surface area contributed by atoms with E-state index < -0.39 is 12.1 Å². The molecule has 0 aromatic heterocycles. The molecule has 0 fully saturated rings. The van der Waals surface area contributed by atoms with E-state index in [4.69, 9.17) is 4.74 Å². The Morgan fingerprint density at radius 1 is 0.359 bits per heavy atom. The zero-order chi connectivity index (χ0) is 56.4. The molecule has 0 aromatic carbocycles. The van der Waals surface area contributed by atoms with Crippen molar-refractivity contribution in [1.29, 1.82) is 0 Å². The first kappa shape index (κ1) is 75.8. The molecule has 0 aliphatic rings. The maximum atomic E-state index is 12.5. The van der Waals surface area contributed by atoms with Crippen molar-refractivity contribution in [2.24, 2.45) is 0 Å². The maximum Gasteiger partial charge on any atom is 0.305 e. The Kier molecular flexibility index (Phi) is 65.4. The normalized spacial score (nSPS) is 12.8. The molecule has 6 heteroatoms. The van der Waals surface area contributed by atoms with Crippen LogP contribution in [0.1, 0.15) is 373 Å². The van der Waals surface area contributed by atoms with Crippen LogP contribution in [0.2, 0.25) is 0 Å². The highest BCUT2D eigenvalue weighted by molar-refractivity contribution is 5.76. The van der Waals surface area contributed by atoms with E-state index in [1.807, 2.05) is 6.08 Å². The fourth-order valence-corrected chi connectivity index (χ4v) is 10.7. The lowest BCUT2D eigenvalue weighted by Crippen LogP contribution is -2.45. The van der Waals surface area contributed by atoms with Gasteiger partial charge in [0.05, 0.1) is 25.4 Å². The topological polar surface area (TPSA) is 95.9 Å². The Morgan fingerprint density at radius 2 is 0.641 bits per heavy atom. The molecule has 0 spiro atoms. The van der Waals surface area contributed by atoms with Gasteiger partial charge in [-0.3, -0.25) is 9.59 Å². The Hall–Kier alpha value is -2.18. The lowest BCUT2D eigenvalue weighted by Gasteiger charge is -2.20. The molecular formula is C72H135NO5. The molecule has 0 rings (SSSR count).